The van der Waals surface area contributed by atoms with Crippen LogP contribution in [0.3, 0.4) is 0 Å². The van der Waals surface area contributed by atoms with E-state index in [-0.39, 0.29) is 4.90 Å². The van der Waals surface area contributed by atoms with Gasteiger partial charge in [-0.1, -0.05) is 61.5 Å². The zero-order valence-electron chi connectivity index (χ0n) is 13.8. The molecule has 0 fully saturated rings. The van der Waals surface area contributed by atoms with Crippen molar-refractivity contribution in [2.45, 2.75) is 43.4 Å². The van der Waals surface area contributed by atoms with Gasteiger partial charge in [0.1, 0.15) is 0 Å². The molecule has 0 aliphatic rings. The molecule has 2 aromatic carbocycles. The van der Waals surface area contributed by atoms with Crippen molar-refractivity contribution in [3.8, 4) is 0 Å². The van der Waals surface area contributed by atoms with Crippen molar-refractivity contribution in [1.29, 1.82) is 0 Å². The lowest BCUT2D eigenvalue weighted by Gasteiger charge is -2.10. The Hall–Kier alpha value is -1.14. The Kier molecular flexibility index (Phi) is 7.49. The summed E-state index contributed by atoms with van der Waals surface area (Å²) in [7, 11) is -3.53. The fourth-order valence-corrected chi connectivity index (χ4v) is 4.27. The highest BCUT2D eigenvalue weighted by Gasteiger charge is 2.17. The van der Waals surface area contributed by atoms with Crippen LogP contribution in [0.4, 0.5) is 0 Å². The summed E-state index contributed by atoms with van der Waals surface area (Å²) in [4.78, 5) is 0.283. The first kappa shape index (κ1) is 19.2. The number of fused-ring (bicyclic) bond motifs is 1. The number of sulfonamides is 1. The Morgan fingerprint density at radius 2 is 1.50 bits per heavy atom. The quantitative estimate of drug-likeness (QED) is 0.621. The van der Waals surface area contributed by atoms with Gasteiger partial charge in [0.15, 0.2) is 0 Å². The minimum absolute atomic E-state index is 0.283. The largest absolute Gasteiger partial charge is 0.330 e. The molecular formula is C18H25ClN2O2S. The SMILES string of the molecule is NCCCCCCCCNS(=O)(=O)c1cccc2c(Cl)cccc12. The van der Waals surface area contributed by atoms with Crippen LogP contribution in [-0.2, 0) is 10.0 Å². The molecule has 132 valence electrons. The van der Waals surface area contributed by atoms with Crippen LogP contribution in [0.25, 0.3) is 10.8 Å². The van der Waals surface area contributed by atoms with Gasteiger partial charge >= 0.3 is 0 Å². The number of benzene rings is 2. The highest BCUT2D eigenvalue weighted by atomic mass is 35.5. The van der Waals surface area contributed by atoms with Gasteiger partial charge in [-0.3, -0.25) is 0 Å². The molecule has 0 unspecified atom stereocenters. The summed E-state index contributed by atoms with van der Waals surface area (Å²) in [6.07, 6.45) is 6.36. The lowest BCUT2D eigenvalue weighted by molar-refractivity contribution is 0.566. The van der Waals surface area contributed by atoms with E-state index < -0.39 is 10.0 Å². The van der Waals surface area contributed by atoms with Gasteiger partial charge in [0, 0.05) is 22.3 Å². The molecule has 4 nitrogen and oxygen atoms in total. The van der Waals surface area contributed by atoms with Gasteiger partial charge in [-0.05, 0) is 31.5 Å². The second kappa shape index (κ2) is 9.37. The molecule has 0 saturated carbocycles. The monoisotopic (exact) mass is 368 g/mol. The summed E-state index contributed by atoms with van der Waals surface area (Å²) >= 11 is 6.15. The third-order valence-corrected chi connectivity index (χ3v) is 5.89. The van der Waals surface area contributed by atoms with Crippen LogP contribution in [0.2, 0.25) is 5.02 Å². The number of rotatable bonds is 10. The first-order valence-electron chi connectivity index (χ1n) is 8.43. The lowest BCUT2D eigenvalue weighted by atomic mass is 10.1. The second-order valence-electron chi connectivity index (χ2n) is 5.90. The lowest BCUT2D eigenvalue weighted by Crippen LogP contribution is -2.25. The maximum Gasteiger partial charge on any atom is 0.241 e. The van der Waals surface area contributed by atoms with Crippen LogP contribution in [0.15, 0.2) is 41.3 Å². The van der Waals surface area contributed by atoms with E-state index in [1.807, 2.05) is 6.07 Å². The molecule has 0 aromatic heterocycles. The van der Waals surface area contributed by atoms with Gasteiger partial charge in [-0.25, -0.2) is 13.1 Å². The van der Waals surface area contributed by atoms with E-state index in [4.69, 9.17) is 17.3 Å². The third kappa shape index (κ3) is 5.18. The van der Waals surface area contributed by atoms with Crippen LogP contribution in [-0.4, -0.2) is 21.5 Å². The standard InChI is InChI=1S/C18H25ClN2O2S/c19-17-11-7-10-16-15(17)9-8-12-18(16)24(22,23)21-14-6-4-2-1-3-5-13-20/h7-12,21H,1-6,13-14,20H2. The molecule has 0 aliphatic carbocycles. The predicted molar refractivity (Wildman–Crippen MR) is 101 cm³/mol. The van der Waals surface area contributed by atoms with E-state index in [1.54, 1.807) is 30.3 Å². The summed E-state index contributed by atoms with van der Waals surface area (Å²) in [5.41, 5.74) is 5.46. The van der Waals surface area contributed by atoms with Crippen molar-refractivity contribution in [3.05, 3.63) is 41.4 Å². The number of unbranched alkanes of at least 4 members (excludes halogenated alkanes) is 5. The molecule has 2 rings (SSSR count). The molecule has 0 radical (unpaired) electrons. The average molecular weight is 369 g/mol. The fraction of sp³-hybridized carbons (Fsp3) is 0.444. The molecule has 0 heterocycles. The van der Waals surface area contributed by atoms with Gasteiger partial charge in [0.25, 0.3) is 0 Å². The molecule has 6 heteroatoms. The normalized spacial score (nSPS) is 11.9. The summed E-state index contributed by atoms with van der Waals surface area (Å²) in [5, 5.41) is 1.96. The molecule has 0 saturated heterocycles. The smallest absolute Gasteiger partial charge is 0.241 e. The topological polar surface area (TPSA) is 72.2 Å². The summed E-state index contributed by atoms with van der Waals surface area (Å²) in [5.74, 6) is 0. The van der Waals surface area contributed by atoms with Crippen LogP contribution in [0.5, 0.6) is 0 Å². The van der Waals surface area contributed by atoms with Crippen molar-refractivity contribution in [1.82, 2.24) is 4.72 Å². The third-order valence-electron chi connectivity index (χ3n) is 4.04. The van der Waals surface area contributed by atoms with Crippen molar-refractivity contribution >= 4 is 32.4 Å². The van der Waals surface area contributed by atoms with Gasteiger partial charge in [-0.15, -0.1) is 0 Å². The Labute approximate surface area is 149 Å². The number of hydrogen-bond donors (Lipinski definition) is 2. The molecule has 3 N–H and O–H groups in total. The van der Waals surface area contributed by atoms with Crippen LogP contribution in [0, 0.1) is 0 Å². The zero-order valence-corrected chi connectivity index (χ0v) is 15.4. The Morgan fingerprint density at radius 1 is 0.875 bits per heavy atom. The van der Waals surface area contributed by atoms with E-state index >= 15 is 0 Å². The first-order valence-corrected chi connectivity index (χ1v) is 10.3. The maximum absolute atomic E-state index is 12.6. The van der Waals surface area contributed by atoms with Crippen LogP contribution < -0.4 is 10.5 Å². The van der Waals surface area contributed by atoms with Gasteiger partial charge in [-0.2, -0.15) is 0 Å². The number of hydrogen-bond acceptors (Lipinski definition) is 3. The van der Waals surface area contributed by atoms with Gasteiger partial charge < -0.3 is 5.73 Å². The second-order valence-corrected chi connectivity index (χ2v) is 8.04. The Balaban J connectivity index is 1.93. The molecule has 24 heavy (non-hydrogen) atoms. The van der Waals surface area contributed by atoms with Crippen molar-refractivity contribution in [2.75, 3.05) is 13.1 Å². The van der Waals surface area contributed by atoms with Crippen LogP contribution >= 0.6 is 11.6 Å². The van der Waals surface area contributed by atoms with E-state index in [9.17, 15) is 8.42 Å². The minimum atomic E-state index is -3.53. The fourth-order valence-electron chi connectivity index (χ4n) is 2.74. The van der Waals surface area contributed by atoms with E-state index in [0.29, 0.717) is 17.0 Å². The van der Waals surface area contributed by atoms with Crippen LogP contribution in [0.1, 0.15) is 38.5 Å². The number of nitrogens with one attached hydrogen (secondary N) is 1. The van der Waals surface area contributed by atoms with Crippen molar-refractivity contribution in [2.24, 2.45) is 5.73 Å². The average Bonchev–Trinajstić information content (AvgIpc) is 2.57. The van der Waals surface area contributed by atoms with Crippen molar-refractivity contribution < 1.29 is 8.42 Å². The van der Waals surface area contributed by atoms with E-state index in [2.05, 4.69) is 4.72 Å². The Morgan fingerprint density at radius 3 is 2.25 bits per heavy atom. The predicted octanol–water partition coefficient (Wildman–Crippen LogP) is 4.07. The zero-order chi connectivity index (χ0) is 17.4. The number of nitrogens with two attached hydrogens (primary N) is 1. The Bertz CT molecular complexity index is 763. The molecule has 2 aromatic rings. The number of halogens is 1. The molecule has 0 aliphatic heterocycles. The van der Waals surface area contributed by atoms with Gasteiger partial charge in [0.05, 0.1) is 4.90 Å². The van der Waals surface area contributed by atoms with E-state index in [0.717, 1.165) is 50.5 Å². The highest BCUT2D eigenvalue weighted by molar-refractivity contribution is 7.89. The molecule has 0 atom stereocenters. The minimum Gasteiger partial charge on any atom is -0.330 e. The van der Waals surface area contributed by atoms with E-state index in [1.165, 1.54) is 0 Å². The summed E-state index contributed by atoms with van der Waals surface area (Å²) in [6.45, 7) is 1.20. The molecule has 0 bridgehead atoms. The molecule has 0 spiro atoms. The molecular weight excluding hydrogens is 344 g/mol. The molecule has 0 amide bonds. The summed E-state index contributed by atoms with van der Waals surface area (Å²) < 4.78 is 27.8. The highest BCUT2D eigenvalue weighted by Crippen LogP contribution is 2.28. The first-order chi connectivity index (χ1) is 11.6. The summed E-state index contributed by atoms with van der Waals surface area (Å²) in [6, 6.07) is 10.5. The van der Waals surface area contributed by atoms with Gasteiger partial charge in [0.2, 0.25) is 10.0 Å². The van der Waals surface area contributed by atoms with Crippen molar-refractivity contribution in [3.63, 3.8) is 0 Å². The maximum atomic E-state index is 12.6.